The van der Waals surface area contributed by atoms with E-state index in [1.165, 1.54) is 42.4 Å². The molecule has 1 aliphatic carbocycles. The number of benzene rings is 2. The molecule has 2 heteroatoms. The van der Waals surface area contributed by atoms with Gasteiger partial charge in [0.15, 0.2) is 0 Å². The molecule has 25 heavy (non-hydrogen) atoms. The molecule has 0 spiro atoms. The van der Waals surface area contributed by atoms with E-state index < -0.39 is 0 Å². The molecule has 0 heterocycles. The quantitative estimate of drug-likeness (QED) is 0.728. The third-order valence-corrected chi connectivity index (χ3v) is 5.58. The van der Waals surface area contributed by atoms with Gasteiger partial charge >= 0.3 is 0 Å². The van der Waals surface area contributed by atoms with E-state index in [1.54, 1.807) is 0 Å². The number of rotatable bonds is 9. The number of hydrogen-bond acceptors (Lipinski definition) is 2. The van der Waals surface area contributed by atoms with Gasteiger partial charge in [-0.05, 0) is 55.5 Å². The van der Waals surface area contributed by atoms with Crippen LogP contribution in [0.5, 0.6) is 0 Å². The Kier molecular flexibility index (Phi) is 6.66. The lowest BCUT2D eigenvalue weighted by atomic mass is 10.1. The summed E-state index contributed by atoms with van der Waals surface area (Å²) in [7, 11) is 0. The summed E-state index contributed by atoms with van der Waals surface area (Å²) < 4.78 is 0. The maximum absolute atomic E-state index is 3.81. The molecule has 1 atom stereocenters. The first-order valence-electron chi connectivity index (χ1n) is 9.88. The molecule has 0 aromatic heterocycles. The standard InChI is InChI=1S/C23H32N2/c1-3-23(25(4-2)18-19-10-6-5-7-11-19)14-15-24-22-16-20-12-8-9-13-21(20)17-22/h5-13,22-24H,3-4,14-18H2,1-2H3. The average molecular weight is 337 g/mol. The molecule has 2 nitrogen and oxygen atoms in total. The lowest BCUT2D eigenvalue weighted by Crippen LogP contribution is -2.38. The van der Waals surface area contributed by atoms with Crippen molar-refractivity contribution < 1.29 is 0 Å². The summed E-state index contributed by atoms with van der Waals surface area (Å²) in [5.41, 5.74) is 4.49. The van der Waals surface area contributed by atoms with Crippen LogP contribution in [0.15, 0.2) is 54.6 Å². The molecule has 2 aromatic rings. The second-order valence-corrected chi connectivity index (χ2v) is 7.23. The fourth-order valence-electron chi connectivity index (χ4n) is 4.12. The molecule has 0 bridgehead atoms. The minimum Gasteiger partial charge on any atom is -0.313 e. The van der Waals surface area contributed by atoms with E-state index in [4.69, 9.17) is 0 Å². The molecule has 1 N–H and O–H groups in total. The van der Waals surface area contributed by atoms with Gasteiger partial charge in [0.2, 0.25) is 0 Å². The molecule has 1 unspecified atom stereocenters. The van der Waals surface area contributed by atoms with Gasteiger partial charge in [-0.3, -0.25) is 4.90 Å². The highest BCUT2D eigenvalue weighted by Crippen LogP contribution is 2.22. The summed E-state index contributed by atoms with van der Waals surface area (Å²) in [6, 6.07) is 21.0. The van der Waals surface area contributed by atoms with Crippen molar-refractivity contribution in [3.63, 3.8) is 0 Å². The number of fused-ring (bicyclic) bond motifs is 1. The van der Waals surface area contributed by atoms with E-state index in [0.29, 0.717) is 12.1 Å². The van der Waals surface area contributed by atoms with Gasteiger partial charge in [0.25, 0.3) is 0 Å². The Hall–Kier alpha value is -1.64. The van der Waals surface area contributed by atoms with Crippen LogP contribution in [0.2, 0.25) is 0 Å². The highest BCUT2D eigenvalue weighted by Gasteiger charge is 2.21. The molecule has 3 rings (SSSR count). The van der Waals surface area contributed by atoms with E-state index >= 15 is 0 Å². The monoisotopic (exact) mass is 336 g/mol. The van der Waals surface area contributed by atoms with Gasteiger partial charge in [0, 0.05) is 18.6 Å². The highest BCUT2D eigenvalue weighted by molar-refractivity contribution is 5.33. The first kappa shape index (κ1) is 18.2. The van der Waals surface area contributed by atoms with Gasteiger partial charge in [-0.25, -0.2) is 0 Å². The van der Waals surface area contributed by atoms with Crippen LogP contribution >= 0.6 is 0 Å². The zero-order valence-corrected chi connectivity index (χ0v) is 15.7. The topological polar surface area (TPSA) is 15.3 Å². The lowest BCUT2D eigenvalue weighted by molar-refractivity contribution is 0.180. The smallest absolute Gasteiger partial charge is 0.0236 e. The van der Waals surface area contributed by atoms with Crippen LogP contribution in [-0.2, 0) is 19.4 Å². The van der Waals surface area contributed by atoms with Gasteiger partial charge in [0.1, 0.15) is 0 Å². The molecular formula is C23H32N2. The Morgan fingerprint density at radius 1 is 0.960 bits per heavy atom. The van der Waals surface area contributed by atoms with Crippen LogP contribution < -0.4 is 5.32 Å². The number of nitrogens with one attached hydrogen (secondary N) is 1. The fraction of sp³-hybridized carbons (Fsp3) is 0.478. The molecule has 0 fully saturated rings. The van der Waals surface area contributed by atoms with Crippen LogP contribution in [0, 0.1) is 0 Å². The molecule has 1 aliphatic rings. The largest absolute Gasteiger partial charge is 0.313 e. The molecule has 0 amide bonds. The van der Waals surface area contributed by atoms with Crippen LogP contribution in [0.4, 0.5) is 0 Å². The van der Waals surface area contributed by atoms with E-state index in [2.05, 4.69) is 78.7 Å². The summed E-state index contributed by atoms with van der Waals surface area (Å²) in [5, 5.41) is 3.81. The average Bonchev–Trinajstić information content (AvgIpc) is 3.07. The van der Waals surface area contributed by atoms with Crippen molar-refractivity contribution >= 4 is 0 Å². The van der Waals surface area contributed by atoms with Crippen molar-refractivity contribution in [3.05, 3.63) is 71.3 Å². The number of hydrogen-bond donors (Lipinski definition) is 1. The molecule has 0 saturated carbocycles. The highest BCUT2D eigenvalue weighted by atomic mass is 15.1. The maximum atomic E-state index is 3.81. The Balaban J connectivity index is 1.47. The van der Waals surface area contributed by atoms with Crippen LogP contribution in [0.25, 0.3) is 0 Å². The van der Waals surface area contributed by atoms with Crippen LogP contribution in [0.1, 0.15) is 43.4 Å². The maximum Gasteiger partial charge on any atom is 0.0236 e. The molecular weight excluding hydrogens is 304 g/mol. The zero-order valence-electron chi connectivity index (χ0n) is 15.7. The van der Waals surface area contributed by atoms with E-state index in [0.717, 1.165) is 19.6 Å². The third-order valence-electron chi connectivity index (χ3n) is 5.58. The molecule has 0 radical (unpaired) electrons. The van der Waals surface area contributed by atoms with Crippen molar-refractivity contribution in [1.82, 2.24) is 10.2 Å². The number of nitrogens with zero attached hydrogens (tertiary/aromatic N) is 1. The van der Waals surface area contributed by atoms with E-state index in [-0.39, 0.29) is 0 Å². The molecule has 2 aromatic carbocycles. The summed E-state index contributed by atoms with van der Waals surface area (Å²) >= 11 is 0. The third kappa shape index (κ3) is 4.93. The van der Waals surface area contributed by atoms with E-state index in [1.807, 2.05) is 0 Å². The minimum absolute atomic E-state index is 0.624. The Bertz CT molecular complexity index is 613. The molecule has 134 valence electrons. The lowest BCUT2D eigenvalue weighted by Gasteiger charge is -2.30. The summed E-state index contributed by atoms with van der Waals surface area (Å²) in [6.45, 7) is 7.89. The predicted octanol–water partition coefficient (Wildman–Crippen LogP) is 4.43. The van der Waals surface area contributed by atoms with Crippen molar-refractivity contribution in [3.8, 4) is 0 Å². The second-order valence-electron chi connectivity index (χ2n) is 7.23. The minimum atomic E-state index is 0.624. The van der Waals surface area contributed by atoms with Crippen LogP contribution in [-0.4, -0.2) is 30.1 Å². The summed E-state index contributed by atoms with van der Waals surface area (Å²) in [5.74, 6) is 0. The van der Waals surface area contributed by atoms with Gasteiger partial charge in [0.05, 0.1) is 0 Å². The van der Waals surface area contributed by atoms with Gasteiger partial charge < -0.3 is 5.32 Å². The Morgan fingerprint density at radius 2 is 1.60 bits per heavy atom. The first-order chi connectivity index (χ1) is 12.3. The normalized spacial score (nSPS) is 15.5. The summed E-state index contributed by atoms with van der Waals surface area (Å²) in [4.78, 5) is 2.63. The fourth-order valence-corrected chi connectivity index (χ4v) is 4.12. The predicted molar refractivity (Wildman–Crippen MR) is 107 cm³/mol. The van der Waals surface area contributed by atoms with Crippen molar-refractivity contribution in [2.45, 2.75) is 58.2 Å². The van der Waals surface area contributed by atoms with Crippen molar-refractivity contribution in [2.75, 3.05) is 13.1 Å². The van der Waals surface area contributed by atoms with Crippen molar-refractivity contribution in [1.29, 1.82) is 0 Å². The zero-order chi connectivity index (χ0) is 17.5. The van der Waals surface area contributed by atoms with Gasteiger partial charge in [-0.1, -0.05) is 68.4 Å². The SMILES string of the molecule is CCC(CCNC1Cc2ccccc2C1)N(CC)Cc1ccccc1. The summed E-state index contributed by atoms with van der Waals surface area (Å²) in [6.07, 6.45) is 4.82. The van der Waals surface area contributed by atoms with Crippen molar-refractivity contribution in [2.24, 2.45) is 0 Å². The molecule has 0 saturated heterocycles. The second kappa shape index (κ2) is 9.17. The van der Waals surface area contributed by atoms with E-state index in [9.17, 15) is 0 Å². The molecule has 0 aliphatic heterocycles. The van der Waals surface area contributed by atoms with Gasteiger partial charge in [-0.15, -0.1) is 0 Å². The van der Waals surface area contributed by atoms with Crippen LogP contribution in [0.3, 0.4) is 0 Å². The first-order valence-corrected chi connectivity index (χ1v) is 9.88. The Labute approximate surface area is 153 Å². The van der Waals surface area contributed by atoms with Gasteiger partial charge in [-0.2, -0.15) is 0 Å². The Morgan fingerprint density at radius 3 is 2.20 bits per heavy atom.